The summed E-state index contributed by atoms with van der Waals surface area (Å²) in [5.41, 5.74) is 4.35. The number of aryl methyl sites for hydroxylation is 1. The summed E-state index contributed by atoms with van der Waals surface area (Å²) < 4.78 is 15.8. The molecule has 0 aromatic carbocycles. The molecule has 4 heterocycles. The van der Waals surface area contributed by atoms with Gasteiger partial charge in [0.25, 0.3) is 0 Å². The Morgan fingerprint density at radius 3 is 2.55 bits per heavy atom. The average Bonchev–Trinajstić information content (AvgIpc) is 3.42. The third kappa shape index (κ3) is 10.1. The number of aromatic nitrogens is 5. The van der Waals surface area contributed by atoms with Gasteiger partial charge in [0.1, 0.15) is 11.2 Å². The van der Waals surface area contributed by atoms with Crippen LogP contribution in [0.25, 0.3) is 17.0 Å². The zero-order valence-corrected chi connectivity index (χ0v) is 24.4. The highest BCUT2D eigenvalue weighted by Gasteiger charge is 2.15. The maximum absolute atomic E-state index is 14.0. The zero-order chi connectivity index (χ0) is 29.2. The van der Waals surface area contributed by atoms with Crippen LogP contribution in [0.2, 0.25) is 0 Å². The Morgan fingerprint density at radius 2 is 1.93 bits per heavy atom. The zero-order valence-electron chi connectivity index (χ0n) is 24.4. The molecule has 40 heavy (non-hydrogen) atoms. The van der Waals surface area contributed by atoms with Crippen molar-refractivity contribution in [2.24, 2.45) is 0 Å². The predicted octanol–water partition coefficient (Wildman–Crippen LogP) is 8.75. The molecule has 0 aliphatic rings. The molecule has 210 valence electrons. The van der Waals surface area contributed by atoms with Gasteiger partial charge in [0, 0.05) is 25.0 Å². The quantitative estimate of drug-likeness (QED) is 0.131. The molecule has 4 aromatic rings. The smallest absolute Gasteiger partial charge is 0.200 e. The number of terminal acetylenes is 1. The van der Waals surface area contributed by atoms with Crippen molar-refractivity contribution in [1.29, 1.82) is 0 Å². The van der Waals surface area contributed by atoms with Gasteiger partial charge in [0.05, 0.1) is 11.9 Å². The average molecular weight is 541 g/mol. The second kappa shape index (κ2) is 18.1. The first-order chi connectivity index (χ1) is 19.5. The number of hydrogen-bond acceptors (Lipinski definition) is 5. The Labute approximate surface area is 238 Å². The summed E-state index contributed by atoms with van der Waals surface area (Å²) in [5.74, 6) is 2.98. The Morgan fingerprint density at radius 1 is 1.12 bits per heavy atom. The maximum atomic E-state index is 14.0. The van der Waals surface area contributed by atoms with Crippen molar-refractivity contribution in [2.75, 3.05) is 5.32 Å². The number of halogens is 1. The summed E-state index contributed by atoms with van der Waals surface area (Å²) >= 11 is 0. The third-order valence-corrected chi connectivity index (χ3v) is 5.85. The number of hydrogen-bond donors (Lipinski definition) is 1. The number of pyridine rings is 2. The number of nitrogens with one attached hydrogen (secondary N) is 1. The Kier molecular flexibility index (Phi) is 14.4. The molecule has 0 saturated carbocycles. The molecule has 4 rings (SSSR count). The van der Waals surface area contributed by atoms with E-state index < -0.39 is 5.82 Å². The lowest BCUT2D eigenvalue weighted by molar-refractivity contribution is 0.625. The van der Waals surface area contributed by atoms with Crippen molar-refractivity contribution in [3.8, 4) is 23.9 Å². The van der Waals surface area contributed by atoms with Gasteiger partial charge < -0.3 is 5.32 Å². The van der Waals surface area contributed by atoms with Crippen LogP contribution < -0.4 is 5.32 Å². The van der Waals surface area contributed by atoms with Crippen LogP contribution in [-0.2, 0) is 6.42 Å². The number of allylic oxidation sites excluding steroid dienone is 4. The minimum Gasteiger partial charge on any atom is -0.336 e. The molecule has 0 radical (unpaired) electrons. The van der Waals surface area contributed by atoms with E-state index in [4.69, 9.17) is 6.42 Å². The highest BCUT2D eigenvalue weighted by atomic mass is 19.1. The van der Waals surface area contributed by atoms with E-state index in [1.54, 1.807) is 16.8 Å². The Balaban J connectivity index is 0.000000314. The summed E-state index contributed by atoms with van der Waals surface area (Å²) in [6.45, 7) is 10.5. The van der Waals surface area contributed by atoms with Crippen LogP contribution in [0.15, 0.2) is 78.9 Å². The molecule has 0 aliphatic carbocycles. The maximum Gasteiger partial charge on any atom is 0.200 e. The standard InChI is InChI=1S/C18H15FN6.C11H20.C4H6/c1-2-12-7-10-25-16(12)18(22-14-6-9-20-11-13(14)19)23-17(24-25)15-5-3-4-8-21-15;1-4-6-8-10-11(3)9-7-5-2;1-3-4-2/h3-11H,2H2,1H3,(H,20,22,23,24);5,7,9H,4,6,8,10H2,1-3H3;1H,4H2,2H3/b;7-5-,11-9+;. The van der Waals surface area contributed by atoms with Gasteiger partial charge in [-0.1, -0.05) is 63.5 Å². The van der Waals surface area contributed by atoms with Gasteiger partial charge in [-0.05, 0) is 62.9 Å². The van der Waals surface area contributed by atoms with Crippen LogP contribution in [-0.4, -0.2) is 24.6 Å². The molecule has 1 N–H and O–H groups in total. The van der Waals surface area contributed by atoms with Gasteiger partial charge in [-0.15, -0.1) is 17.4 Å². The first-order valence-corrected chi connectivity index (χ1v) is 13.9. The molecule has 0 amide bonds. The molecule has 7 heteroatoms. The highest BCUT2D eigenvalue weighted by Crippen LogP contribution is 2.27. The molecule has 0 spiro atoms. The normalized spacial score (nSPS) is 10.9. The van der Waals surface area contributed by atoms with Crippen LogP contribution >= 0.6 is 0 Å². The molecule has 0 unspecified atom stereocenters. The molecule has 0 atom stereocenters. The van der Waals surface area contributed by atoms with E-state index in [0.717, 1.165) is 23.9 Å². The highest BCUT2D eigenvalue weighted by molar-refractivity contribution is 5.78. The number of nitrogens with zero attached hydrogens (tertiary/aromatic N) is 5. The molecular formula is C33H41FN6. The van der Waals surface area contributed by atoms with Crippen LogP contribution in [0.4, 0.5) is 15.9 Å². The second-order valence-electron chi connectivity index (χ2n) is 9.02. The fraction of sp³-hybridized carbons (Fsp3) is 0.333. The van der Waals surface area contributed by atoms with Gasteiger partial charge >= 0.3 is 0 Å². The van der Waals surface area contributed by atoms with Crippen molar-refractivity contribution in [3.05, 3.63) is 90.3 Å². The molecule has 0 bridgehead atoms. The van der Waals surface area contributed by atoms with Crippen molar-refractivity contribution in [3.63, 3.8) is 0 Å². The summed E-state index contributed by atoms with van der Waals surface area (Å²) in [5, 5.41) is 7.61. The summed E-state index contributed by atoms with van der Waals surface area (Å²) in [6.07, 6.45) is 24.4. The van der Waals surface area contributed by atoms with Crippen molar-refractivity contribution in [2.45, 2.75) is 73.1 Å². The van der Waals surface area contributed by atoms with E-state index in [1.165, 1.54) is 43.7 Å². The SMILES string of the molecule is C#CCC.C/C=C\C=C(/C)CCCCC.CCc1ccn2nc(-c3ccccn3)nc(Nc3ccncc3F)c12. The fourth-order valence-corrected chi connectivity index (χ4v) is 3.67. The van der Waals surface area contributed by atoms with Crippen LogP contribution in [0.3, 0.4) is 0 Å². The number of rotatable bonds is 9. The minimum atomic E-state index is -0.441. The Hall–Kier alpha value is -4.31. The summed E-state index contributed by atoms with van der Waals surface area (Å²) in [7, 11) is 0. The topological polar surface area (TPSA) is 68.0 Å². The number of anilines is 2. The number of fused-ring (bicyclic) bond motifs is 1. The van der Waals surface area contributed by atoms with Gasteiger partial charge in [-0.25, -0.2) is 13.9 Å². The van der Waals surface area contributed by atoms with Crippen LogP contribution in [0.1, 0.15) is 72.3 Å². The van der Waals surface area contributed by atoms with Gasteiger partial charge in [0.15, 0.2) is 11.6 Å². The lowest BCUT2D eigenvalue weighted by atomic mass is 10.1. The molecule has 0 saturated heterocycles. The van der Waals surface area contributed by atoms with E-state index in [0.29, 0.717) is 23.0 Å². The minimum absolute atomic E-state index is 0.311. The molecule has 4 aromatic heterocycles. The van der Waals surface area contributed by atoms with Gasteiger partial charge in [0.2, 0.25) is 5.82 Å². The van der Waals surface area contributed by atoms with Gasteiger partial charge in [-0.2, -0.15) is 0 Å². The van der Waals surface area contributed by atoms with Crippen molar-refractivity contribution < 1.29 is 4.39 Å². The number of unbranched alkanes of at least 4 members (excludes halogenated alkanes) is 2. The van der Waals surface area contributed by atoms with Crippen LogP contribution in [0.5, 0.6) is 0 Å². The summed E-state index contributed by atoms with van der Waals surface area (Å²) in [6, 6.07) is 9.10. The Bertz CT molecular complexity index is 1400. The van der Waals surface area contributed by atoms with Crippen LogP contribution in [0, 0.1) is 18.2 Å². The predicted molar refractivity (Wildman–Crippen MR) is 165 cm³/mol. The molecular weight excluding hydrogens is 499 g/mol. The van der Waals surface area contributed by atoms with Crippen molar-refractivity contribution in [1.82, 2.24) is 24.6 Å². The first kappa shape index (κ1) is 31.9. The molecule has 0 fully saturated rings. The van der Waals surface area contributed by atoms with E-state index in [2.05, 4.69) is 77.2 Å². The largest absolute Gasteiger partial charge is 0.336 e. The fourth-order valence-electron chi connectivity index (χ4n) is 3.67. The van der Waals surface area contributed by atoms with Gasteiger partial charge in [-0.3, -0.25) is 9.97 Å². The lowest BCUT2D eigenvalue weighted by Gasteiger charge is -2.11. The molecule has 6 nitrogen and oxygen atoms in total. The monoisotopic (exact) mass is 540 g/mol. The first-order valence-electron chi connectivity index (χ1n) is 13.9. The molecule has 0 aliphatic heterocycles. The van der Waals surface area contributed by atoms with E-state index in [1.807, 2.05) is 37.4 Å². The van der Waals surface area contributed by atoms with E-state index >= 15 is 0 Å². The van der Waals surface area contributed by atoms with Crippen molar-refractivity contribution >= 4 is 17.0 Å². The summed E-state index contributed by atoms with van der Waals surface area (Å²) in [4.78, 5) is 12.7. The lowest BCUT2D eigenvalue weighted by Crippen LogP contribution is -2.05. The third-order valence-electron chi connectivity index (χ3n) is 5.85. The second-order valence-corrected chi connectivity index (χ2v) is 9.02. The van der Waals surface area contributed by atoms with E-state index in [9.17, 15) is 4.39 Å². The van der Waals surface area contributed by atoms with E-state index in [-0.39, 0.29) is 0 Å².